The van der Waals surface area contributed by atoms with Gasteiger partial charge >= 0.3 is 10.1 Å². The highest BCUT2D eigenvalue weighted by atomic mass is 32.2. The Morgan fingerprint density at radius 2 is 1.11 bits per heavy atom. The first-order chi connectivity index (χ1) is 21.5. The van der Waals surface area contributed by atoms with Crippen LogP contribution < -0.4 is 4.18 Å². The van der Waals surface area contributed by atoms with Crippen LogP contribution >= 0.6 is 0 Å². The van der Waals surface area contributed by atoms with E-state index in [-0.39, 0.29) is 21.5 Å². The Balaban J connectivity index is 1.17. The third-order valence-electron chi connectivity index (χ3n) is 13.7. The maximum atomic E-state index is 14.7. The summed E-state index contributed by atoms with van der Waals surface area (Å²) in [6.45, 7) is 0. The van der Waals surface area contributed by atoms with Gasteiger partial charge in [-0.2, -0.15) is 8.42 Å². The molecule has 9 aliphatic carbocycles. The molecule has 8 saturated carbocycles. The molecular formula is C37H45O6S2-. The van der Waals surface area contributed by atoms with Crippen LogP contribution in [0.1, 0.15) is 119 Å². The van der Waals surface area contributed by atoms with Gasteiger partial charge in [0.1, 0.15) is 20.8 Å². The Labute approximate surface area is 268 Å². The van der Waals surface area contributed by atoms with E-state index in [1.54, 1.807) is 0 Å². The monoisotopic (exact) mass is 649 g/mol. The molecule has 0 aromatic heterocycles. The van der Waals surface area contributed by atoms with Gasteiger partial charge in [0.25, 0.3) is 0 Å². The normalized spacial score (nSPS) is 38.2. The van der Waals surface area contributed by atoms with Crippen molar-refractivity contribution in [2.24, 2.45) is 35.5 Å². The van der Waals surface area contributed by atoms with Crippen molar-refractivity contribution in [3.05, 3.63) is 52.6 Å². The number of fused-ring (bicyclic) bond motifs is 1. The molecule has 0 unspecified atom stereocenters. The SMILES string of the molecule is O=S(=O)([O-])c1ccc(OS(=O)(=O)c2cc(C34CC5CC(CC(C5)C3)C4)ccc2C23CC4CC(CC(C4)C2)C3)c2c1CCCCC2. The quantitative estimate of drug-likeness (QED) is 0.182. The van der Waals surface area contributed by atoms with Gasteiger partial charge in [-0.3, -0.25) is 0 Å². The van der Waals surface area contributed by atoms with Crippen LogP contribution in [0.4, 0.5) is 0 Å². The Hall–Kier alpha value is -1.90. The summed E-state index contributed by atoms with van der Waals surface area (Å²) in [5, 5.41) is 0. The first-order valence-electron chi connectivity index (χ1n) is 17.7. The zero-order valence-electron chi connectivity index (χ0n) is 26.1. The van der Waals surface area contributed by atoms with Crippen molar-refractivity contribution in [3.8, 4) is 5.75 Å². The molecule has 8 bridgehead atoms. The molecule has 2 aromatic rings. The summed E-state index contributed by atoms with van der Waals surface area (Å²) in [5.74, 6) is 4.47. The maximum absolute atomic E-state index is 14.7. The van der Waals surface area contributed by atoms with E-state index in [1.807, 2.05) is 6.07 Å². The molecular weight excluding hydrogens is 605 g/mol. The fourth-order valence-corrected chi connectivity index (χ4v) is 14.9. The molecule has 8 fully saturated rings. The van der Waals surface area contributed by atoms with Crippen LogP contribution in [-0.4, -0.2) is 21.4 Å². The minimum atomic E-state index is -4.69. The van der Waals surface area contributed by atoms with Crippen molar-refractivity contribution in [1.29, 1.82) is 0 Å². The van der Waals surface area contributed by atoms with E-state index < -0.39 is 20.2 Å². The van der Waals surface area contributed by atoms with E-state index in [1.165, 1.54) is 56.2 Å². The molecule has 242 valence electrons. The predicted octanol–water partition coefficient (Wildman–Crippen LogP) is 7.56. The lowest BCUT2D eigenvalue weighted by molar-refractivity contribution is -0.00808. The van der Waals surface area contributed by atoms with E-state index in [0.29, 0.717) is 46.6 Å². The highest BCUT2D eigenvalue weighted by Gasteiger charge is 2.55. The first-order valence-corrected chi connectivity index (χ1v) is 20.5. The summed E-state index contributed by atoms with van der Waals surface area (Å²) in [6.07, 6.45) is 17.9. The smallest absolute Gasteiger partial charge is 0.339 e. The summed E-state index contributed by atoms with van der Waals surface area (Å²) in [5.41, 5.74) is 3.09. The average molecular weight is 650 g/mol. The molecule has 0 aliphatic heterocycles. The molecule has 11 rings (SSSR count). The van der Waals surface area contributed by atoms with Gasteiger partial charge in [0, 0.05) is 5.56 Å². The molecule has 0 amide bonds. The molecule has 0 N–H and O–H groups in total. The van der Waals surface area contributed by atoms with Gasteiger partial charge in [-0.05, 0) is 184 Å². The van der Waals surface area contributed by atoms with Gasteiger partial charge in [-0.25, -0.2) is 8.42 Å². The number of rotatable bonds is 6. The van der Waals surface area contributed by atoms with E-state index >= 15 is 0 Å². The van der Waals surface area contributed by atoms with E-state index in [9.17, 15) is 21.4 Å². The Kier molecular flexibility index (Phi) is 6.54. The van der Waals surface area contributed by atoms with E-state index in [0.717, 1.165) is 81.1 Å². The second-order valence-electron chi connectivity index (χ2n) is 16.7. The fourth-order valence-electron chi connectivity index (χ4n) is 12.9. The second kappa shape index (κ2) is 10.1. The van der Waals surface area contributed by atoms with Crippen LogP contribution in [0.2, 0.25) is 0 Å². The summed E-state index contributed by atoms with van der Waals surface area (Å²) in [4.78, 5) is 0.114. The van der Waals surface area contributed by atoms with Crippen molar-refractivity contribution >= 4 is 20.2 Å². The summed E-state index contributed by atoms with van der Waals surface area (Å²) >= 11 is 0. The molecule has 0 atom stereocenters. The third-order valence-corrected chi connectivity index (χ3v) is 15.9. The molecule has 0 heterocycles. The van der Waals surface area contributed by atoms with Crippen LogP contribution in [-0.2, 0) is 43.9 Å². The van der Waals surface area contributed by atoms with E-state index in [4.69, 9.17) is 4.18 Å². The lowest BCUT2D eigenvalue weighted by Crippen LogP contribution is -2.50. The molecule has 2 aromatic carbocycles. The Morgan fingerprint density at radius 3 is 1.64 bits per heavy atom. The highest BCUT2D eigenvalue weighted by Crippen LogP contribution is 2.63. The van der Waals surface area contributed by atoms with Crippen LogP contribution in [0.15, 0.2) is 40.1 Å². The first kappa shape index (κ1) is 29.3. The number of hydrogen-bond acceptors (Lipinski definition) is 6. The molecule has 6 nitrogen and oxygen atoms in total. The van der Waals surface area contributed by atoms with Crippen molar-refractivity contribution < 1.29 is 25.6 Å². The van der Waals surface area contributed by atoms with Crippen molar-refractivity contribution in [2.45, 2.75) is 130 Å². The van der Waals surface area contributed by atoms with Gasteiger partial charge in [0.05, 0.1) is 4.90 Å². The zero-order chi connectivity index (χ0) is 30.8. The van der Waals surface area contributed by atoms with Crippen LogP contribution in [0.3, 0.4) is 0 Å². The number of benzene rings is 2. The van der Waals surface area contributed by atoms with Crippen LogP contribution in [0.25, 0.3) is 0 Å². The molecule has 9 aliphatic rings. The van der Waals surface area contributed by atoms with E-state index in [2.05, 4.69) is 12.1 Å². The largest absolute Gasteiger partial charge is 0.744 e. The predicted molar refractivity (Wildman–Crippen MR) is 170 cm³/mol. The van der Waals surface area contributed by atoms with Crippen molar-refractivity contribution in [1.82, 2.24) is 0 Å². The topological polar surface area (TPSA) is 101 Å². The molecule has 0 saturated heterocycles. The van der Waals surface area contributed by atoms with Crippen LogP contribution in [0, 0.1) is 35.5 Å². The maximum Gasteiger partial charge on any atom is 0.339 e. The number of hydrogen-bond donors (Lipinski definition) is 0. The van der Waals surface area contributed by atoms with Crippen molar-refractivity contribution in [2.75, 3.05) is 0 Å². The van der Waals surface area contributed by atoms with Gasteiger partial charge in [-0.15, -0.1) is 0 Å². The van der Waals surface area contributed by atoms with Gasteiger partial charge in [-0.1, -0.05) is 18.6 Å². The lowest BCUT2D eigenvalue weighted by Gasteiger charge is -2.58. The fraction of sp³-hybridized carbons (Fsp3) is 0.676. The lowest BCUT2D eigenvalue weighted by atomic mass is 9.47. The highest BCUT2D eigenvalue weighted by molar-refractivity contribution is 7.87. The molecule has 0 spiro atoms. The van der Waals surface area contributed by atoms with Crippen molar-refractivity contribution in [3.63, 3.8) is 0 Å². The van der Waals surface area contributed by atoms with Gasteiger partial charge in [0.15, 0.2) is 0 Å². The average Bonchev–Trinajstić information content (AvgIpc) is 3.22. The second-order valence-corrected chi connectivity index (χ2v) is 19.5. The zero-order valence-corrected chi connectivity index (χ0v) is 27.8. The summed E-state index contributed by atoms with van der Waals surface area (Å²) < 4.78 is 72.2. The third kappa shape index (κ3) is 4.77. The summed E-state index contributed by atoms with van der Waals surface area (Å²) in [7, 11) is -8.94. The van der Waals surface area contributed by atoms with Gasteiger partial charge in [0.2, 0.25) is 0 Å². The Morgan fingerprint density at radius 1 is 0.600 bits per heavy atom. The molecule has 45 heavy (non-hydrogen) atoms. The van der Waals surface area contributed by atoms with Gasteiger partial charge < -0.3 is 8.74 Å². The summed E-state index contributed by atoms with van der Waals surface area (Å²) in [6, 6.07) is 9.22. The molecule has 0 radical (unpaired) electrons. The molecule has 8 heteroatoms. The Bertz CT molecular complexity index is 1700. The van der Waals surface area contributed by atoms with Crippen LogP contribution in [0.5, 0.6) is 5.75 Å². The standard InChI is InChI=1S/C37H46O6S2/c38-44(39,40)34-9-8-33(30-4-2-1-3-5-31(30)34)43-45(41,42)35-16-29(36-17-23-10-24(18-36)12-25(11-23)19-36)6-7-32(35)37-20-26-13-27(21-37)15-28(14-26)22-37/h6-9,16,23-28H,1-5,10-15,17-22H2,(H,38,39,40)/p-1. The minimum Gasteiger partial charge on any atom is -0.744 e. The minimum absolute atomic E-state index is 0.0558.